The first kappa shape index (κ1) is 22.3. The summed E-state index contributed by atoms with van der Waals surface area (Å²) in [5, 5.41) is 0.829. The van der Waals surface area contributed by atoms with Crippen LogP contribution in [0.15, 0.2) is 48.5 Å². The van der Waals surface area contributed by atoms with Gasteiger partial charge in [-0.25, -0.2) is 0 Å². The molecule has 2 aromatic carbocycles. The summed E-state index contributed by atoms with van der Waals surface area (Å²) in [4.78, 5) is 15.1. The fourth-order valence-corrected chi connectivity index (χ4v) is 3.47. The van der Waals surface area contributed by atoms with Crippen molar-refractivity contribution in [3.8, 4) is 22.4 Å². The van der Waals surface area contributed by atoms with E-state index in [1.54, 1.807) is 25.1 Å². The molecule has 0 saturated heterocycles. The molecule has 0 radical (unpaired) electrons. The molecule has 0 aliphatic heterocycles. The van der Waals surface area contributed by atoms with Gasteiger partial charge in [0.2, 0.25) is 0 Å². The van der Waals surface area contributed by atoms with Crippen LogP contribution in [0.1, 0.15) is 16.8 Å². The first-order valence-electron chi connectivity index (χ1n) is 8.85. The van der Waals surface area contributed by atoms with Gasteiger partial charge < -0.3 is 9.53 Å². The van der Waals surface area contributed by atoms with E-state index in [2.05, 4.69) is 4.98 Å². The van der Waals surface area contributed by atoms with Gasteiger partial charge in [-0.15, -0.1) is 0 Å². The van der Waals surface area contributed by atoms with Crippen LogP contribution in [0, 0.1) is 6.92 Å². The monoisotopic (exact) mass is 453 g/mol. The summed E-state index contributed by atoms with van der Waals surface area (Å²) >= 11 is 12.4. The summed E-state index contributed by atoms with van der Waals surface area (Å²) in [5.41, 5.74) is 2.84. The third kappa shape index (κ3) is 5.01. The Morgan fingerprint density at radius 3 is 2.33 bits per heavy atom. The number of aldehydes is 1. The number of nitrogens with zero attached hydrogens (tertiary/aromatic N) is 1. The molecule has 1 heterocycles. The van der Waals surface area contributed by atoms with Gasteiger partial charge in [0.05, 0.1) is 17.9 Å². The lowest BCUT2D eigenvalue weighted by atomic mass is 9.96. The second kappa shape index (κ2) is 9.16. The molecule has 0 bridgehead atoms. The summed E-state index contributed by atoms with van der Waals surface area (Å²) in [6.45, 7) is 1.86. The highest BCUT2D eigenvalue weighted by Crippen LogP contribution is 2.38. The minimum atomic E-state index is -4.43. The van der Waals surface area contributed by atoms with Crippen LogP contribution < -0.4 is 0 Å². The van der Waals surface area contributed by atoms with Crippen molar-refractivity contribution >= 4 is 29.5 Å². The SMILES string of the molecule is Cc1nc(-c2ccc(C(F)(F)F)cc2)c(-c2ccc(Cl)cc2Cl)cc1COCC=O. The molecule has 3 rings (SSSR count). The number of ether oxygens (including phenoxy) is 1. The molecule has 156 valence electrons. The maximum Gasteiger partial charge on any atom is 0.416 e. The third-order valence-corrected chi connectivity index (χ3v) is 5.02. The number of hydrogen-bond donors (Lipinski definition) is 0. The lowest BCUT2D eigenvalue weighted by Gasteiger charge is -2.16. The van der Waals surface area contributed by atoms with Gasteiger partial charge in [0, 0.05) is 32.4 Å². The van der Waals surface area contributed by atoms with Gasteiger partial charge in [0.25, 0.3) is 0 Å². The van der Waals surface area contributed by atoms with Crippen LogP contribution in [0.3, 0.4) is 0 Å². The van der Waals surface area contributed by atoms with Crippen molar-refractivity contribution in [1.29, 1.82) is 0 Å². The van der Waals surface area contributed by atoms with Crippen LogP contribution in [0.25, 0.3) is 22.4 Å². The molecule has 0 aliphatic rings. The van der Waals surface area contributed by atoms with Crippen LogP contribution in [0.5, 0.6) is 0 Å². The summed E-state index contributed by atoms with van der Waals surface area (Å²) in [6.07, 6.45) is -3.78. The number of aryl methyl sites for hydroxylation is 1. The van der Waals surface area contributed by atoms with E-state index in [0.717, 1.165) is 17.7 Å². The molecule has 3 nitrogen and oxygen atoms in total. The lowest BCUT2D eigenvalue weighted by Crippen LogP contribution is -2.05. The van der Waals surface area contributed by atoms with Gasteiger partial charge in [0.15, 0.2) is 0 Å². The van der Waals surface area contributed by atoms with Crippen molar-refractivity contribution in [2.45, 2.75) is 19.7 Å². The second-order valence-electron chi connectivity index (χ2n) is 6.51. The van der Waals surface area contributed by atoms with Crippen molar-refractivity contribution < 1.29 is 22.7 Å². The van der Waals surface area contributed by atoms with Gasteiger partial charge in [-0.3, -0.25) is 4.98 Å². The Labute approximate surface area is 181 Å². The van der Waals surface area contributed by atoms with E-state index < -0.39 is 11.7 Å². The van der Waals surface area contributed by atoms with E-state index in [4.69, 9.17) is 27.9 Å². The number of rotatable bonds is 6. The average Bonchev–Trinajstić information content (AvgIpc) is 2.69. The topological polar surface area (TPSA) is 39.2 Å². The van der Waals surface area contributed by atoms with E-state index in [-0.39, 0.29) is 13.2 Å². The molecule has 0 atom stereocenters. The highest BCUT2D eigenvalue weighted by molar-refractivity contribution is 6.36. The predicted molar refractivity (Wildman–Crippen MR) is 111 cm³/mol. The molecule has 8 heteroatoms. The zero-order valence-corrected chi connectivity index (χ0v) is 17.3. The average molecular weight is 454 g/mol. The van der Waals surface area contributed by atoms with Crippen LogP contribution in [-0.4, -0.2) is 17.9 Å². The molecule has 0 fully saturated rings. The number of pyridine rings is 1. The highest BCUT2D eigenvalue weighted by Gasteiger charge is 2.30. The molecule has 0 aliphatic carbocycles. The normalized spacial score (nSPS) is 11.5. The van der Waals surface area contributed by atoms with Gasteiger partial charge in [-0.1, -0.05) is 41.4 Å². The molecule has 3 aromatic rings. The number of aromatic nitrogens is 1. The number of carbonyl (C=O) groups is 1. The molecular weight excluding hydrogens is 438 g/mol. The number of benzene rings is 2. The summed E-state index contributed by atoms with van der Waals surface area (Å²) in [6, 6.07) is 11.6. The molecule has 0 saturated carbocycles. The Balaban J connectivity index is 2.15. The smallest absolute Gasteiger partial charge is 0.369 e. The van der Waals surface area contributed by atoms with E-state index in [1.807, 2.05) is 6.07 Å². The molecule has 0 unspecified atom stereocenters. The first-order valence-corrected chi connectivity index (χ1v) is 9.61. The van der Waals surface area contributed by atoms with Gasteiger partial charge in [-0.2, -0.15) is 13.2 Å². The Morgan fingerprint density at radius 2 is 1.73 bits per heavy atom. The van der Waals surface area contributed by atoms with Gasteiger partial charge in [-0.05, 0) is 42.8 Å². The lowest BCUT2D eigenvalue weighted by molar-refractivity contribution is -0.137. The van der Waals surface area contributed by atoms with Crippen LogP contribution >= 0.6 is 23.2 Å². The fourth-order valence-electron chi connectivity index (χ4n) is 2.96. The van der Waals surface area contributed by atoms with Crippen molar-refractivity contribution in [2.24, 2.45) is 0 Å². The number of halogens is 5. The first-order chi connectivity index (χ1) is 14.2. The van der Waals surface area contributed by atoms with Crippen molar-refractivity contribution in [3.63, 3.8) is 0 Å². The zero-order chi connectivity index (χ0) is 21.9. The van der Waals surface area contributed by atoms with Crippen molar-refractivity contribution in [1.82, 2.24) is 4.98 Å². The van der Waals surface area contributed by atoms with Crippen molar-refractivity contribution in [2.75, 3.05) is 6.61 Å². The highest BCUT2D eigenvalue weighted by atomic mass is 35.5. The van der Waals surface area contributed by atoms with E-state index in [0.29, 0.717) is 44.4 Å². The maximum absolute atomic E-state index is 12.9. The molecule has 0 N–H and O–H groups in total. The van der Waals surface area contributed by atoms with Crippen LogP contribution in [-0.2, 0) is 22.3 Å². The predicted octanol–water partition coefficient (Wildman–Crippen LogP) is 6.77. The standard InChI is InChI=1S/C22H16Cl2F3NO2/c1-13-15(12-30-9-8-29)10-19(18-7-6-17(23)11-20(18)24)21(28-13)14-2-4-16(5-3-14)22(25,26)27/h2-8,10-11H,9,12H2,1H3. The Hall–Kier alpha value is -2.41. The van der Waals surface area contributed by atoms with Gasteiger partial charge >= 0.3 is 6.18 Å². The molecule has 0 amide bonds. The van der Waals surface area contributed by atoms with E-state index in [9.17, 15) is 18.0 Å². The fraction of sp³-hybridized carbons (Fsp3) is 0.182. The third-order valence-electron chi connectivity index (χ3n) is 4.47. The zero-order valence-electron chi connectivity index (χ0n) is 15.8. The Kier molecular flexibility index (Phi) is 6.81. The van der Waals surface area contributed by atoms with Crippen molar-refractivity contribution in [3.05, 3.63) is 75.4 Å². The molecule has 0 spiro atoms. The molecular formula is C22H16Cl2F3NO2. The van der Waals surface area contributed by atoms with E-state index in [1.165, 1.54) is 12.1 Å². The summed E-state index contributed by atoms with van der Waals surface area (Å²) in [7, 11) is 0. The van der Waals surface area contributed by atoms with Crippen LogP contribution in [0.2, 0.25) is 10.0 Å². The van der Waals surface area contributed by atoms with E-state index >= 15 is 0 Å². The van der Waals surface area contributed by atoms with Gasteiger partial charge in [0.1, 0.15) is 12.9 Å². The maximum atomic E-state index is 12.9. The molecule has 1 aromatic heterocycles. The molecule has 30 heavy (non-hydrogen) atoms. The Bertz CT molecular complexity index is 1070. The quantitative estimate of drug-likeness (QED) is 0.305. The number of hydrogen-bond acceptors (Lipinski definition) is 3. The number of carbonyl (C=O) groups excluding carboxylic acids is 1. The Morgan fingerprint density at radius 1 is 1.03 bits per heavy atom. The minimum Gasteiger partial charge on any atom is -0.369 e. The van der Waals surface area contributed by atoms with Crippen LogP contribution in [0.4, 0.5) is 13.2 Å². The second-order valence-corrected chi connectivity index (χ2v) is 7.35. The number of alkyl halides is 3. The summed E-state index contributed by atoms with van der Waals surface area (Å²) < 4.78 is 44.1. The summed E-state index contributed by atoms with van der Waals surface area (Å²) in [5.74, 6) is 0. The largest absolute Gasteiger partial charge is 0.416 e. The minimum absolute atomic E-state index is 0.0584.